The summed E-state index contributed by atoms with van der Waals surface area (Å²) in [6.07, 6.45) is 0. The van der Waals surface area contributed by atoms with E-state index in [2.05, 4.69) is 10.1 Å². The molecule has 23 heavy (non-hydrogen) atoms. The number of hydrogen-bond acceptors (Lipinski definition) is 3. The van der Waals surface area contributed by atoms with E-state index < -0.39 is 5.56 Å². The summed E-state index contributed by atoms with van der Waals surface area (Å²) in [4.78, 5) is 15.0. The third-order valence-electron chi connectivity index (χ3n) is 3.46. The number of aryl methyl sites for hydroxylation is 3. The van der Waals surface area contributed by atoms with Crippen molar-refractivity contribution < 1.29 is 5.11 Å². The molecule has 122 valence electrons. The van der Waals surface area contributed by atoms with Gasteiger partial charge in [-0.05, 0) is 44.5 Å². The Labute approximate surface area is 139 Å². The maximum absolute atomic E-state index is 12.3. The molecule has 0 spiro atoms. The van der Waals surface area contributed by atoms with Crippen molar-refractivity contribution in [2.24, 2.45) is 0 Å². The predicted molar refractivity (Wildman–Crippen MR) is 93.9 cm³/mol. The topological polar surface area (TPSA) is 70.9 Å². The lowest BCUT2D eigenvalue weighted by Gasteiger charge is -2.10. The summed E-state index contributed by atoms with van der Waals surface area (Å²) in [7, 11) is 0. The molecule has 0 bridgehead atoms. The van der Waals surface area contributed by atoms with Gasteiger partial charge in [-0.1, -0.05) is 25.4 Å². The van der Waals surface area contributed by atoms with Crippen LogP contribution >= 0.6 is 11.6 Å². The van der Waals surface area contributed by atoms with Crippen LogP contribution in [0, 0.1) is 20.8 Å². The maximum Gasteiger partial charge on any atom is 0.278 e. The van der Waals surface area contributed by atoms with E-state index in [9.17, 15) is 9.90 Å². The van der Waals surface area contributed by atoms with Crippen molar-refractivity contribution in [2.45, 2.75) is 34.6 Å². The number of hydrogen-bond donors (Lipinski definition) is 2. The van der Waals surface area contributed by atoms with Gasteiger partial charge in [-0.3, -0.25) is 4.79 Å². The van der Waals surface area contributed by atoms with E-state index in [1.165, 1.54) is 4.68 Å². The molecule has 0 amide bonds. The van der Waals surface area contributed by atoms with Crippen LogP contribution in [0.15, 0.2) is 23.0 Å². The smallest absolute Gasteiger partial charge is 0.278 e. The number of H-pyrrole nitrogens is 1. The Hall–Kier alpha value is -2.27. The van der Waals surface area contributed by atoms with Crippen LogP contribution in [0.1, 0.15) is 30.8 Å². The van der Waals surface area contributed by atoms with E-state index in [1.54, 1.807) is 12.1 Å². The molecule has 2 heterocycles. The summed E-state index contributed by atoms with van der Waals surface area (Å²) in [5, 5.41) is 15.8. The lowest BCUT2D eigenvalue weighted by molar-refractivity contribution is 0.474. The minimum absolute atomic E-state index is 0.0975. The highest BCUT2D eigenvalue weighted by Crippen LogP contribution is 2.31. The lowest BCUT2D eigenvalue weighted by atomic mass is 10.1. The standard InChI is InChI=1S/C15H14ClN3O2.C2H6/c1-7-4-10-12(6-11(7)16)17-15(21)13(14(10)20)19-9(3)5-8(2)18-19;1-2/h4-6H,1-3H3,(H2,17,20,21);1-2H3. The highest BCUT2D eigenvalue weighted by molar-refractivity contribution is 6.32. The number of aromatic hydroxyl groups is 1. The van der Waals surface area contributed by atoms with Crippen LogP contribution in [-0.4, -0.2) is 19.9 Å². The van der Waals surface area contributed by atoms with Crippen LogP contribution in [-0.2, 0) is 0 Å². The molecule has 0 radical (unpaired) electrons. The van der Waals surface area contributed by atoms with Crippen molar-refractivity contribution in [3.63, 3.8) is 0 Å². The second-order valence-electron chi connectivity index (χ2n) is 5.14. The van der Waals surface area contributed by atoms with Crippen LogP contribution < -0.4 is 5.56 Å². The van der Waals surface area contributed by atoms with E-state index in [0.717, 1.165) is 17.0 Å². The number of aromatic nitrogens is 3. The monoisotopic (exact) mass is 333 g/mol. The van der Waals surface area contributed by atoms with Crippen LogP contribution in [0.4, 0.5) is 0 Å². The van der Waals surface area contributed by atoms with Crippen LogP contribution in [0.25, 0.3) is 16.6 Å². The number of pyridine rings is 1. The fourth-order valence-electron chi connectivity index (χ4n) is 2.45. The molecule has 0 aliphatic heterocycles. The number of benzene rings is 1. The average Bonchev–Trinajstić information content (AvgIpc) is 2.82. The molecule has 0 atom stereocenters. The molecule has 0 aliphatic carbocycles. The van der Waals surface area contributed by atoms with Gasteiger partial charge in [0.25, 0.3) is 5.56 Å². The molecule has 6 heteroatoms. The zero-order valence-electron chi connectivity index (χ0n) is 13.9. The molecular formula is C17H20ClN3O2. The van der Waals surface area contributed by atoms with Crippen molar-refractivity contribution in [3.8, 4) is 11.4 Å². The molecule has 2 N–H and O–H groups in total. The van der Waals surface area contributed by atoms with Crippen molar-refractivity contribution in [2.75, 3.05) is 0 Å². The van der Waals surface area contributed by atoms with E-state index in [4.69, 9.17) is 11.6 Å². The molecule has 0 fully saturated rings. The second kappa shape index (κ2) is 6.46. The lowest BCUT2D eigenvalue weighted by Crippen LogP contribution is -2.17. The number of halogens is 1. The van der Waals surface area contributed by atoms with Gasteiger partial charge in [-0.15, -0.1) is 0 Å². The number of aromatic amines is 1. The SMILES string of the molecule is CC.Cc1cc(C)n(-c2c(O)c3cc(C)c(Cl)cc3[nH]c2=O)n1. The molecule has 3 aromatic rings. The molecule has 1 aromatic carbocycles. The van der Waals surface area contributed by atoms with Crippen LogP contribution in [0.3, 0.4) is 0 Å². The maximum atomic E-state index is 12.3. The number of nitrogens with one attached hydrogen (secondary N) is 1. The molecule has 0 saturated carbocycles. The molecule has 0 unspecified atom stereocenters. The average molecular weight is 334 g/mol. The predicted octanol–water partition coefficient (Wildman–Crippen LogP) is 4.02. The van der Waals surface area contributed by atoms with Gasteiger partial charge in [-0.25, -0.2) is 4.68 Å². The minimum atomic E-state index is -0.411. The van der Waals surface area contributed by atoms with E-state index >= 15 is 0 Å². The molecule has 0 saturated heterocycles. The Morgan fingerprint density at radius 1 is 1.17 bits per heavy atom. The first kappa shape index (κ1) is 17.1. The van der Waals surface area contributed by atoms with Gasteiger partial charge in [0, 0.05) is 16.1 Å². The summed E-state index contributed by atoms with van der Waals surface area (Å²) in [6.45, 7) is 9.51. The Morgan fingerprint density at radius 3 is 2.39 bits per heavy atom. The van der Waals surface area contributed by atoms with Gasteiger partial charge >= 0.3 is 0 Å². The highest BCUT2D eigenvalue weighted by Gasteiger charge is 2.17. The first-order valence-electron chi connectivity index (χ1n) is 7.47. The van der Waals surface area contributed by atoms with E-state index in [1.807, 2.05) is 40.7 Å². The fourth-order valence-corrected chi connectivity index (χ4v) is 2.61. The van der Waals surface area contributed by atoms with E-state index in [-0.39, 0.29) is 11.4 Å². The van der Waals surface area contributed by atoms with Gasteiger partial charge < -0.3 is 10.1 Å². The molecule has 3 rings (SSSR count). The van der Waals surface area contributed by atoms with Gasteiger partial charge in [-0.2, -0.15) is 5.10 Å². The van der Waals surface area contributed by atoms with E-state index in [0.29, 0.717) is 15.9 Å². The number of rotatable bonds is 1. The quantitative estimate of drug-likeness (QED) is 0.706. The van der Waals surface area contributed by atoms with Gasteiger partial charge in [0.2, 0.25) is 0 Å². The first-order valence-corrected chi connectivity index (χ1v) is 7.85. The zero-order chi connectivity index (χ0) is 17.3. The van der Waals surface area contributed by atoms with Crippen molar-refractivity contribution in [1.82, 2.24) is 14.8 Å². The highest BCUT2D eigenvalue weighted by atomic mass is 35.5. The molecule has 0 aliphatic rings. The van der Waals surface area contributed by atoms with Crippen LogP contribution in [0.5, 0.6) is 5.75 Å². The fraction of sp³-hybridized carbons (Fsp3) is 0.294. The first-order chi connectivity index (χ1) is 10.9. The minimum Gasteiger partial charge on any atom is -0.505 e. The third kappa shape index (κ3) is 2.97. The van der Waals surface area contributed by atoms with Gasteiger partial charge in [0.05, 0.1) is 11.2 Å². The summed E-state index contributed by atoms with van der Waals surface area (Å²) >= 11 is 6.06. The molecular weight excluding hydrogens is 314 g/mol. The summed E-state index contributed by atoms with van der Waals surface area (Å²) in [5.74, 6) is -0.0975. The number of fused-ring (bicyclic) bond motifs is 1. The van der Waals surface area contributed by atoms with Gasteiger partial charge in [0.1, 0.15) is 0 Å². The largest absolute Gasteiger partial charge is 0.505 e. The van der Waals surface area contributed by atoms with Gasteiger partial charge in [0.15, 0.2) is 11.4 Å². The summed E-state index contributed by atoms with van der Waals surface area (Å²) in [5.41, 5.74) is 2.59. The normalized spacial score (nSPS) is 10.5. The van der Waals surface area contributed by atoms with Crippen molar-refractivity contribution in [1.29, 1.82) is 0 Å². The summed E-state index contributed by atoms with van der Waals surface area (Å²) < 4.78 is 1.45. The Kier molecular flexibility index (Phi) is 4.80. The van der Waals surface area contributed by atoms with Crippen LogP contribution in [0.2, 0.25) is 5.02 Å². The Bertz CT molecular complexity index is 926. The second-order valence-corrected chi connectivity index (χ2v) is 5.54. The molecule has 5 nitrogen and oxygen atoms in total. The summed E-state index contributed by atoms with van der Waals surface area (Å²) in [6, 6.07) is 5.23. The van der Waals surface area contributed by atoms with Crippen molar-refractivity contribution in [3.05, 3.63) is 50.5 Å². The zero-order valence-corrected chi connectivity index (χ0v) is 14.6. The number of nitrogens with zero attached hydrogens (tertiary/aromatic N) is 2. The third-order valence-corrected chi connectivity index (χ3v) is 3.87. The Morgan fingerprint density at radius 2 is 1.83 bits per heavy atom. The van der Waals surface area contributed by atoms with Crippen molar-refractivity contribution >= 4 is 22.5 Å². The Balaban J connectivity index is 0.000000924. The molecule has 2 aromatic heterocycles.